The topological polar surface area (TPSA) is 205 Å². The van der Waals surface area contributed by atoms with Crippen molar-refractivity contribution >= 4 is 241 Å². The van der Waals surface area contributed by atoms with Gasteiger partial charge in [0.1, 0.15) is 33.5 Å². The quantitative estimate of drug-likeness (QED) is 0.0922. The molecule has 0 bridgehead atoms. The number of aromatic nitrogens is 10. The summed E-state index contributed by atoms with van der Waals surface area (Å²) in [7, 11) is -0.916. The van der Waals surface area contributed by atoms with E-state index in [9.17, 15) is 0 Å². The molecule has 17 nitrogen and oxygen atoms in total. The number of rotatable bonds is 10. The maximum atomic E-state index is 6.22. The average molecular weight is 2180 g/mol. The Bertz CT molecular complexity index is 9110. The fourth-order valence-electron chi connectivity index (χ4n) is 18.8. The second-order valence-electron chi connectivity index (χ2n) is 38.3. The summed E-state index contributed by atoms with van der Waals surface area (Å²) in [4.78, 5) is 47.0. The van der Waals surface area contributed by atoms with Crippen LogP contribution in [0.4, 0.5) is 0 Å². The molecule has 2 saturated heterocycles. The predicted molar refractivity (Wildman–Crippen MR) is 613 cm³/mol. The fourth-order valence-corrected chi connectivity index (χ4v) is 22.5. The minimum atomic E-state index is -0.471. The Morgan fingerprint density at radius 2 is 0.507 bits per heavy atom. The Morgan fingerprint density at radius 1 is 0.240 bits per heavy atom. The third-order valence-electron chi connectivity index (χ3n) is 28.0. The van der Waals surface area contributed by atoms with Gasteiger partial charge in [0.15, 0.2) is 29.1 Å². The molecule has 16 aromatic carbocycles. The smallest absolute Gasteiger partial charge is 0.455 e. The maximum absolute atomic E-state index is 6.22. The van der Waals surface area contributed by atoms with E-state index in [0.717, 1.165) is 169 Å². The third kappa shape index (κ3) is 17.9. The van der Waals surface area contributed by atoms with Gasteiger partial charge in [0.25, 0.3) is 0 Å². The summed E-state index contributed by atoms with van der Waals surface area (Å²) in [5.41, 5.74) is 16.0. The molecule has 24 heteroatoms. The molecule has 28 rings (SSSR count). The highest BCUT2D eigenvalue weighted by Gasteiger charge is 2.53. The summed E-state index contributed by atoms with van der Waals surface area (Å²) in [6, 6.07) is 111. The first-order valence-electron chi connectivity index (χ1n) is 47.9. The molecular formula is C122H87B2Br2IN10O7S2. The highest BCUT2D eigenvalue weighted by atomic mass is 127. The van der Waals surface area contributed by atoms with Crippen molar-refractivity contribution in [2.24, 2.45) is 0 Å². The molecule has 12 heterocycles. The van der Waals surface area contributed by atoms with Crippen LogP contribution in [0, 0.1) is 3.57 Å². The van der Waals surface area contributed by atoms with Gasteiger partial charge in [-0.2, -0.15) is 0 Å². The van der Waals surface area contributed by atoms with Gasteiger partial charge < -0.3 is 31.9 Å². The van der Waals surface area contributed by atoms with E-state index >= 15 is 0 Å². The number of para-hydroxylation sites is 6. The lowest BCUT2D eigenvalue weighted by Gasteiger charge is -2.32. The van der Waals surface area contributed by atoms with E-state index in [1.165, 1.54) is 65.5 Å². The molecule has 2 aliphatic heterocycles. The van der Waals surface area contributed by atoms with Crippen LogP contribution in [0.2, 0.25) is 0 Å². The SMILES string of the molecule is Brc1ccc2ccc(-c3cnc(-c4cccc5c4oc4ccccc45)nc3)cc2c1.Brc1ccc2ccc(I)cc2c1.CC1(C)OB(c2cnc(-c3cccc4c3oc3ccccc34)nc2)OC1(C)C.CC1(C)OB(c2cnc(-c3cccc4c3sc3ccccc34)nc2)OC1(C)C.c1ccc2c(c1)oc1c(-c3ncc(-c4ccc5ccc(-c6cnc(-c7cccc8c7sc7ccccc78)nc6)cc5c4)cn3)cccc12. The van der Waals surface area contributed by atoms with Crippen LogP contribution in [0.5, 0.6) is 0 Å². The minimum absolute atomic E-state index is 0.376. The van der Waals surface area contributed by atoms with Gasteiger partial charge in [0.05, 0.1) is 39.1 Å². The summed E-state index contributed by atoms with van der Waals surface area (Å²) >= 11 is 12.9. The number of hydrogen-bond acceptors (Lipinski definition) is 19. The molecule has 10 aromatic heterocycles. The molecule has 2 fully saturated rings. The molecule has 2 aliphatic rings. The lowest BCUT2D eigenvalue weighted by atomic mass is 9.81. The maximum Gasteiger partial charge on any atom is 0.498 e. The number of furan rings is 3. The van der Waals surface area contributed by atoms with Crippen LogP contribution in [0.25, 0.3) is 229 Å². The Hall–Kier alpha value is -14.8. The monoisotopic (exact) mass is 2170 g/mol. The van der Waals surface area contributed by atoms with E-state index in [-0.39, 0.29) is 11.2 Å². The Kier molecular flexibility index (Phi) is 24.5. The van der Waals surface area contributed by atoms with Crippen LogP contribution in [-0.4, -0.2) is 86.5 Å². The molecule has 0 radical (unpaired) electrons. The van der Waals surface area contributed by atoms with Crippen molar-refractivity contribution < 1.29 is 31.9 Å². The molecule has 0 spiro atoms. The molecule has 0 amide bonds. The Balaban J connectivity index is 0.000000103. The van der Waals surface area contributed by atoms with Gasteiger partial charge in [-0.1, -0.05) is 238 Å². The highest BCUT2D eigenvalue weighted by molar-refractivity contribution is 14.1. The van der Waals surface area contributed by atoms with Crippen LogP contribution in [0.1, 0.15) is 55.4 Å². The zero-order valence-corrected chi connectivity index (χ0v) is 87.3. The van der Waals surface area contributed by atoms with Crippen LogP contribution in [0.3, 0.4) is 0 Å². The van der Waals surface area contributed by atoms with Crippen LogP contribution in [0.15, 0.2) is 406 Å². The molecule has 706 valence electrons. The number of hydrogen-bond donors (Lipinski definition) is 0. The first kappa shape index (κ1) is 93.5. The van der Waals surface area contributed by atoms with Gasteiger partial charge in [-0.3, -0.25) is 0 Å². The van der Waals surface area contributed by atoms with Gasteiger partial charge in [-0.25, -0.2) is 49.8 Å². The second-order valence-corrected chi connectivity index (χ2v) is 43.4. The molecule has 146 heavy (non-hydrogen) atoms. The molecular weight excluding hydrogens is 2090 g/mol. The van der Waals surface area contributed by atoms with E-state index in [1.807, 2.05) is 196 Å². The van der Waals surface area contributed by atoms with Crippen molar-refractivity contribution in [2.45, 2.75) is 77.8 Å². The molecule has 0 atom stereocenters. The van der Waals surface area contributed by atoms with Gasteiger partial charge >= 0.3 is 14.2 Å². The van der Waals surface area contributed by atoms with Crippen molar-refractivity contribution in [1.29, 1.82) is 0 Å². The molecule has 0 unspecified atom stereocenters. The second kappa shape index (κ2) is 38.3. The summed E-state index contributed by atoms with van der Waals surface area (Å²) in [5, 5.41) is 18.8. The Labute approximate surface area is 878 Å². The van der Waals surface area contributed by atoms with E-state index in [1.54, 1.807) is 35.1 Å². The van der Waals surface area contributed by atoms with Crippen LogP contribution in [-0.2, 0) is 18.6 Å². The molecule has 0 N–H and O–H groups in total. The van der Waals surface area contributed by atoms with Crippen molar-refractivity contribution in [3.05, 3.63) is 396 Å². The largest absolute Gasteiger partial charge is 0.498 e. The van der Waals surface area contributed by atoms with Gasteiger partial charge in [-0.05, 0) is 242 Å². The van der Waals surface area contributed by atoms with E-state index in [4.69, 9.17) is 51.8 Å². The van der Waals surface area contributed by atoms with Gasteiger partial charge in [-0.15, -0.1) is 22.7 Å². The normalized spacial score (nSPS) is 14.1. The molecule has 26 aromatic rings. The standard InChI is InChI=1S/C42H24N4OS.C26H15BrN2O.C22H21BN2O3.C22H21BN2O2S.C10H6BrI/c1-3-13-37-31(7-1)33-9-5-11-35(39(33)47-37)41-43-21-29(22-44-41)26-17-15-25-16-18-27(20-28(25)19-26)30-23-45-42(46-24-30)36-12-6-10-34-32-8-2-4-14-38(32)48-40(34)36;27-20-11-10-16-8-9-17(12-18(16)13-20)19-14-28-26(29-15-19)23-6-3-5-22-21-4-1-2-7-24(21)30-25(22)23;1-21(2)22(3,4)28-23(27-21)14-12-24-20(25-13-14)17-10-7-9-16-15-8-5-6-11-18(15)26-19(16)17;1-21(2)22(3,4)27-23(26-21)14-12-24-20(25-13-14)17-10-7-9-16-15-8-5-6-11-18(15)28-19(16)17;11-9-3-1-7-2-4-10(12)6-8(7)5-9/h1-24H;1-15H;2*5-13H,1-4H3;1-6H. The molecule has 0 aliphatic carbocycles. The van der Waals surface area contributed by atoms with Crippen molar-refractivity contribution in [3.8, 4) is 90.3 Å². The van der Waals surface area contributed by atoms with Gasteiger partial charge in [0, 0.05) is 186 Å². The zero-order valence-electron chi connectivity index (χ0n) is 80.3. The van der Waals surface area contributed by atoms with Crippen LogP contribution >= 0.6 is 77.1 Å². The minimum Gasteiger partial charge on any atom is -0.455 e. The lowest BCUT2D eigenvalue weighted by molar-refractivity contribution is 0.00578. The fraction of sp³-hybridized carbons (Fsp3) is 0.0984. The summed E-state index contributed by atoms with van der Waals surface area (Å²) in [6.07, 6.45) is 18.6. The summed E-state index contributed by atoms with van der Waals surface area (Å²) in [5.74, 6) is 3.37. The van der Waals surface area contributed by atoms with E-state index in [0.29, 0.717) is 17.5 Å². The number of fused-ring (bicyclic) bond motifs is 18. The Morgan fingerprint density at radius 3 is 0.856 bits per heavy atom. The van der Waals surface area contributed by atoms with Gasteiger partial charge in [0.2, 0.25) is 0 Å². The summed E-state index contributed by atoms with van der Waals surface area (Å²) in [6.45, 7) is 16.3. The van der Waals surface area contributed by atoms with E-state index < -0.39 is 25.4 Å². The number of thiophene rings is 2. The lowest BCUT2D eigenvalue weighted by Crippen LogP contribution is -2.41. The van der Waals surface area contributed by atoms with Crippen molar-refractivity contribution in [2.75, 3.05) is 0 Å². The first-order valence-corrected chi connectivity index (χ1v) is 52.2. The number of benzene rings is 16. The third-order valence-corrected chi connectivity index (χ3v) is 32.1. The predicted octanol–water partition coefficient (Wildman–Crippen LogP) is 32.3. The van der Waals surface area contributed by atoms with Crippen molar-refractivity contribution in [1.82, 2.24) is 49.8 Å². The van der Waals surface area contributed by atoms with E-state index in [2.05, 4.69) is 315 Å². The highest BCUT2D eigenvalue weighted by Crippen LogP contribution is 2.46. The number of nitrogens with zero attached hydrogens (tertiary/aromatic N) is 10. The average Bonchev–Trinajstić information content (AvgIpc) is 1.66. The van der Waals surface area contributed by atoms with Crippen molar-refractivity contribution in [3.63, 3.8) is 0 Å². The first-order chi connectivity index (χ1) is 71.0. The molecule has 0 saturated carbocycles. The van der Waals surface area contributed by atoms with Crippen LogP contribution < -0.4 is 10.9 Å². The summed E-state index contributed by atoms with van der Waals surface area (Å²) < 4.78 is 51.3. The zero-order chi connectivity index (χ0) is 99.3. The number of halogens is 3.